The Labute approximate surface area is 171 Å². The van der Waals surface area contributed by atoms with Crippen LogP contribution in [-0.2, 0) is 25.6 Å². The summed E-state index contributed by atoms with van der Waals surface area (Å²) >= 11 is 5.55. The van der Waals surface area contributed by atoms with Crippen molar-refractivity contribution in [1.29, 1.82) is 0 Å². The van der Waals surface area contributed by atoms with Gasteiger partial charge in [0, 0.05) is 11.7 Å². The molecule has 0 unspecified atom stereocenters. The van der Waals surface area contributed by atoms with Crippen LogP contribution in [0.1, 0.15) is 18.9 Å². The van der Waals surface area contributed by atoms with Crippen LogP contribution in [0.15, 0.2) is 18.2 Å². The Morgan fingerprint density at radius 3 is 2.45 bits per heavy atom. The number of carbonyl (C=O) groups excluding carboxylic acids is 2. The van der Waals surface area contributed by atoms with Gasteiger partial charge >= 0.3 is 6.18 Å². The van der Waals surface area contributed by atoms with Crippen molar-refractivity contribution in [3.63, 3.8) is 0 Å². The van der Waals surface area contributed by atoms with E-state index in [1.807, 2.05) is 0 Å². The van der Waals surface area contributed by atoms with Crippen LogP contribution in [-0.4, -0.2) is 62.3 Å². The molecule has 12 heteroatoms. The first-order valence-electron chi connectivity index (χ1n) is 8.78. The Morgan fingerprint density at radius 2 is 1.90 bits per heavy atom. The van der Waals surface area contributed by atoms with Crippen molar-refractivity contribution in [2.75, 3.05) is 36.5 Å². The van der Waals surface area contributed by atoms with Gasteiger partial charge in [0.05, 0.1) is 35.2 Å². The fraction of sp³-hybridized carbons (Fsp3) is 0.529. The molecule has 1 saturated heterocycles. The molecule has 0 aromatic heterocycles. The van der Waals surface area contributed by atoms with Gasteiger partial charge in [0.25, 0.3) is 0 Å². The molecular formula is C17H21ClF3N3O4S. The summed E-state index contributed by atoms with van der Waals surface area (Å²) in [6.45, 7) is 1.68. The zero-order valence-electron chi connectivity index (χ0n) is 15.6. The predicted molar refractivity (Wildman–Crippen MR) is 102 cm³/mol. The number of likely N-dealkylation sites (N-methyl/N-ethyl adjacent to an activating group) is 1. The van der Waals surface area contributed by atoms with E-state index < -0.39 is 44.5 Å². The summed E-state index contributed by atoms with van der Waals surface area (Å²) in [6, 6.07) is 2.58. The lowest BCUT2D eigenvalue weighted by Gasteiger charge is -2.21. The molecule has 1 atom stereocenters. The maximum absolute atomic E-state index is 12.9. The largest absolute Gasteiger partial charge is 0.417 e. The van der Waals surface area contributed by atoms with Crippen molar-refractivity contribution in [1.82, 2.24) is 10.2 Å². The van der Waals surface area contributed by atoms with E-state index in [4.69, 9.17) is 11.6 Å². The average Bonchev–Trinajstić information content (AvgIpc) is 2.93. The Bertz CT molecular complexity index is 877. The first-order valence-corrected chi connectivity index (χ1v) is 11.0. The van der Waals surface area contributed by atoms with Crippen molar-refractivity contribution in [3.8, 4) is 0 Å². The highest BCUT2D eigenvalue weighted by atomic mass is 35.5. The van der Waals surface area contributed by atoms with E-state index in [1.54, 1.807) is 6.92 Å². The van der Waals surface area contributed by atoms with Gasteiger partial charge in [0.2, 0.25) is 11.8 Å². The minimum Gasteiger partial charge on any atom is -0.351 e. The Balaban J connectivity index is 1.90. The molecular weight excluding hydrogens is 435 g/mol. The molecule has 0 aliphatic carbocycles. The van der Waals surface area contributed by atoms with Crippen LogP contribution in [0.25, 0.3) is 0 Å². The predicted octanol–water partition coefficient (Wildman–Crippen LogP) is 1.92. The van der Waals surface area contributed by atoms with Gasteiger partial charge in [-0.2, -0.15) is 13.2 Å². The molecule has 1 aliphatic heterocycles. The lowest BCUT2D eigenvalue weighted by Crippen LogP contribution is -2.44. The van der Waals surface area contributed by atoms with Crippen molar-refractivity contribution in [2.45, 2.75) is 25.6 Å². The van der Waals surface area contributed by atoms with Crippen LogP contribution in [0.5, 0.6) is 0 Å². The van der Waals surface area contributed by atoms with E-state index in [0.717, 1.165) is 12.1 Å². The number of amides is 2. The molecule has 7 nitrogen and oxygen atoms in total. The summed E-state index contributed by atoms with van der Waals surface area (Å²) in [5.41, 5.74) is -1.13. The van der Waals surface area contributed by atoms with Gasteiger partial charge in [-0.1, -0.05) is 18.5 Å². The number of benzene rings is 1. The third-order valence-corrected chi connectivity index (χ3v) is 6.43. The summed E-state index contributed by atoms with van der Waals surface area (Å²) in [4.78, 5) is 25.7. The van der Waals surface area contributed by atoms with Gasteiger partial charge in [-0.05, 0) is 31.2 Å². The molecule has 0 saturated carbocycles. The van der Waals surface area contributed by atoms with Crippen LogP contribution in [0.4, 0.5) is 18.9 Å². The number of nitrogens with one attached hydrogen (secondary N) is 2. The quantitative estimate of drug-likeness (QED) is 0.655. The Hall–Kier alpha value is -1.85. The molecule has 162 valence electrons. The van der Waals surface area contributed by atoms with E-state index in [1.165, 1.54) is 11.0 Å². The van der Waals surface area contributed by atoms with Crippen molar-refractivity contribution in [3.05, 3.63) is 28.8 Å². The SMILES string of the molecule is CCN(CC(=O)Nc1ccc(Cl)c(C(F)(F)F)c1)CC(=O)N[C@H]1CCS(=O)(=O)C1. The number of carbonyl (C=O) groups is 2. The maximum atomic E-state index is 12.9. The molecule has 1 heterocycles. The van der Waals surface area contributed by atoms with Gasteiger partial charge in [0.1, 0.15) is 0 Å². The standard InChI is InChI=1S/C17H21ClF3N3O4S/c1-2-24(9-16(26)23-12-5-6-29(27,28)10-12)8-15(25)22-11-3-4-14(18)13(7-11)17(19,20)21/h3-4,7,12H,2,5-6,8-10H2,1H3,(H,22,25)(H,23,26)/t12-/m0/s1. The summed E-state index contributed by atoms with van der Waals surface area (Å²) in [5, 5.41) is 4.50. The van der Waals surface area contributed by atoms with E-state index in [2.05, 4.69) is 10.6 Å². The average molecular weight is 456 g/mol. The fourth-order valence-corrected chi connectivity index (χ4v) is 4.79. The van der Waals surface area contributed by atoms with E-state index in [-0.39, 0.29) is 30.3 Å². The zero-order valence-corrected chi connectivity index (χ0v) is 17.1. The number of sulfone groups is 1. The summed E-state index contributed by atoms with van der Waals surface area (Å²) < 4.78 is 61.6. The molecule has 1 aromatic rings. The van der Waals surface area contributed by atoms with E-state index >= 15 is 0 Å². The lowest BCUT2D eigenvalue weighted by molar-refractivity contribution is -0.137. The van der Waals surface area contributed by atoms with Crippen molar-refractivity contribution in [2.24, 2.45) is 0 Å². The molecule has 2 N–H and O–H groups in total. The first kappa shape index (κ1) is 23.4. The summed E-state index contributed by atoms with van der Waals surface area (Å²) in [6.07, 6.45) is -4.31. The van der Waals surface area contributed by atoms with Gasteiger partial charge in [-0.3, -0.25) is 14.5 Å². The minimum atomic E-state index is -4.65. The summed E-state index contributed by atoms with van der Waals surface area (Å²) in [5.74, 6) is -1.10. The molecule has 1 aliphatic rings. The van der Waals surface area contributed by atoms with E-state index in [9.17, 15) is 31.2 Å². The highest BCUT2D eigenvalue weighted by Crippen LogP contribution is 2.36. The van der Waals surface area contributed by atoms with Crippen LogP contribution in [0.3, 0.4) is 0 Å². The third-order valence-electron chi connectivity index (χ3n) is 4.33. The fourth-order valence-electron chi connectivity index (χ4n) is 2.89. The van der Waals surface area contributed by atoms with Gasteiger partial charge in [-0.15, -0.1) is 0 Å². The van der Waals surface area contributed by atoms with Crippen LogP contribution < -0.4 is 10.6 Å². The zero-order chi connectivity index (χ0) is 21.8. The van der Waals surface area contributed by atoms with Crippen LogP contribution in [0.2, 0.25) is 5.02 Å². The molecule has 2 rings (SSSR count). The second-order valence-electron chi connectivity index (χ2n) is 6.71. The lowest BCUT2D eigenvalue weighted by atomic mass is 10.2. The second kappa shape index (κ2) is 9.31. The van der Waals surface area contributed by atoms with Gasteiger partial charge in [0.15, 0.2) is 9.84 Å². The highest BCUT2D eigenvalue weighted by molar-refractivity contribution is 7.91. The number of hydrogen-bond donors (Lipinski definition) is 2. The summed E-state index contributed by atoms with van der Waals surface area (Å²) in [7, 11) is -3.13. The Morgan fingerprint density at radius 1 is 1.24 bits per heavy atom. The van der Waals surface area contributed by atoms with Gasteiger partial charge in [-0.25, -0.2) is 8.42 Å². The van der Waals surface area contributed by atoms with Crippen molar-refractivity contribution >= 4 is 38.9 Å². The van der Waals surface area contributed by atoms with E-state index in [0.29, 0.717) is 13.0 Å². The number of alkyl halides is 3. The van der Waals surface area contributed by atoms with Gasteiger partial charge < -0.3 is 10.6 Å². The number of halogens is 4. The normalized spacial score (nSPS) is 18.6. The monoisotopic (exact) mass is 455 g/mol. The van der Waals surface area contributed by atoms with Crippen molar-refractivity contribution < 1.29 is 31.2 Å². The second-order valence-corrected chi connectivity index (χ2v) is 9.35. The molecule has 1 fully saturated rings. The number of anilines is 1. The smallest absolute Gasteiger partial charge is 0.351 e. The molecule has 2 amide bonds. The topological polar surface area (TPSA) is 95.6 Å². The Kier molecular flexibility index (Phi) is 7.52. The highest BCUT2D eigenvalue weighted by Gasteiger charge is 2.33. The molecule has 0 bridgehead atoms. The first-order chi connectivity index (χ1) is 13.4. The van der Waals surface area contributed by atoms with Crippen LogP contribution >= 0.6 is 11.6 Å². The molecule has 29 heavy (non-hydrogen) atoms. The number of rotatable bonds is 7. The maximum Gasteiger partial charge on any atom is 0.417 e. The molecule has 0 radical (unpaired) electrons. The number of hydrogen-bond acceptors (Lipinski definition) is 5. The number of nitrogens with zero attached hydrogens (tertiary/aromatic N) is 1. The third kappa shape index (κ3) is 7.16. The molecule has 0 spiro atoms. The molecule has 1 aromatic carbocycles. The minimum absolute atomic E-state index is 0.0266. The van der Waals surface area contributed by atoms with Crippen LogP contribution in [0, 0.1) is 0 Å².